The number of carbonyl (C=O) groups excluding carboxylic acids is 1. The van der Waals surface area contributed by atoms with Gasteiger partial charge in [0.05, 0.1) is 24.1 Å². The minimum absolute atomic E-state index is 0.0498. The zero-order valence-corrected chi connectivity index (χ0v) is 16.7. The molecule has 0 spiro atoms. The molecule has 1 aliphatic rings. The lowest BCUT2D eigenvalue weighted by atomic mass is 9.98. The van der Waals surface area contributed by atoms with Crippen molar-refractivity contribution in [2.75, 3.05) is 20.3 Å². The summed E-state index contributed by atoms with van der Waals surface area (Å²) in [6, 6.07) is 11.8. The van der Waals surface area contributed by atoms with E-state index in [1.807, 2.05) is 12.1 Å². The highest BCUT2D eigenvalue weighted by Gasteiger charge is 2.42. The molecule has 3 aromatic rings. The van der Waals surface area contributed by atoms with Crippen LogP contribution in [0.4, 0.5) is 0 Å². The van der Waals surface area contributed by atoms with E-state index >= 15 is 0 Å². The lowest BCUT2D eigenvalue weighted by Gasteiger charge is -2.25. The van der Waals surface area contributed by atoms with Crippen molar-refractivity contribution in [3.05, 3.63) is 74.0 Å². The van der Waals surface area contributed by atoms with E-state index in [0.29, 0.717) is 35.2 Å². The fraction of sp³-hybridized carbons (Fsp3) is 0.238. The Morgan fingerprint density at radius 2 is 1.93 bits per heavy atom. The minimum Gasteiger partial charge on any atom is -0.497 e. The van der Waals surface area contributed by atoms with E-state index in [4.69, 9.17) is 9.15 Å². The normalized spacial score (nSPS) is 15.9. The smallest absolute Gasteiger partial charge is 0.290 e. The number of halogens is 1. The number of carbonyl (C=O) groups is 1. The summed E-state index contributed by atoms with van der Waals surface area (Å²) in [5.74, 6) is 0.412. The van der Waals surface area contributed by atoms with Crippen LogP contribution in [-0.4, -0.2) is 36.2 Å². The van der Waals surface area contributed by atoms with Gasteiger partial charge in [0, 0.05) is 17.6 Å². The lowest BCUT2D eigenvalue weighted by molar-refractivity contribution is 0.0716. The Morgan fingerprint density at radius 3 is 2.61 bits per heavy atom. The Balaban J connectivity index is 1.94. The molecule has 1 amide bonds. The van der Waals surface area contributed by atoms with Crippen LogP contribution in [-0.2, 0) is 0 Å². The average molecular weight is 444 g/mol. The number of nitrogens with zero attached hydrogens (tertiary/aromatic N) is 1. The van der Waals surface area contributed by atoms with Gasteiger partial charge >= 0.3 is 0 Å². The summed E-state index contributed by atoms with van der Waals surface area (Å²) < 4.78 is 11.8. The summed E-state index contributed by atoms with van der Waals surface area (Å²) in [6.45, 7) is 0.265. The molecule has 0 saturated heterocycles. The van der Waals surface area contributed by atoms with Gasteiger partial charge in [-0.15, -0.1) is 0 Å². The van der Waals surface area contributed by atoms with Crippen LogP contribution in [0, 0.1) is 0 Å². The molecule has 0 fully saturated rings. The van der Waals surface area contributed by atoms with Gasteiger partial charge in [-0.25, -0.2) is 0 Å². The van der Waals surface area contributed by atoms with Crippen molar-refractivity contribution >= 4 is 32.8 Å². The van der Waals surface area contributed by atoms with Gasteiger partial charge in [-0.3, -0.25) is 9.59 Å². The third-order valence-corrected chi connectivity index (χ3v) is 5.41. The first kappa shape index (κ1) is 18.7. The van der Waals surface area contributed by atoms with Gasteiger partial charge in [-0.05, 0) is 42.3 Å². The zero-order valence-electron chi connectivity index (χ0n) is 15.1. The quantitative estimate of drug-likeness (QED) is 0.652. The van der Waals surface area contributed by atoms with Gasteiger partial charge in [0.15, 0.2) is 5.43 Å². The largest absolute Gasteiger partial charge is 0.497 e. The first-order valence-electron chi connectivity index (χ1n) is 8.87. The van der Waals surface area contributed by atoms with Gasteiger partial charge in [-0.1, -0.05) is 28.1 Å². The molecule has 2 heterocycles. The van der Waals surface area contributed by atoms with E-state index in [9.17, 15) is 14.7 Å². The Hall–Kier alpha value is -2.64. The van der Waals surface area contributed by atoms with Gasteiger partial charge in [-0.2, -0.15) is 0 Å². The molecule has 7 heteroatoms. The van der Waals surface area contributed by atoms with Crippen LogP contribution in [0.15, 0.2) is 56.1 Å². The van der Waals surface area contributed by atoms with Crippen LogP contribution >= 0.6 is 15.9 Å². The van der Waals surface area contributed by atoms with Gasteiger partial charge in [0.1, 0.15) is 11.3 Å². The van der Waals surface area contributed by atoms with Gasteiger partial charge in [0.2, 0.25) is 5.76 Å². The topological polar surface area (TPSA) is 80.0 Å². The third kappa shape index (κ3) is 3.00. The minimum atomic E-state index is -0.570. The van der Waals surface area contributed by atoms with E-state index in [2.05, 4.69) is 15.9 Å². The fourth-order valence-electron chi connectivity index (χ4n) is 3.60. The second-order valence-electron chi connectivity index (χ2n) is 6.57. The van der Waals surface area contributed by atoms with Crippen LogP contribution in [0.3, 0.4) is 0 Å². The number of amides is 1. The molecule has 1 aromatic heterocycles. The Labute approximate surface area is 169 Å². The average Bonchev–Trinajstić information content (AvgIpc) is 2.99. The number of benzene rings is 2. The molecule has 0 saturated carbocycles. The number of aliphatic hydroxyl groups excluding tert-OH is 1. The SMILES string of the molecule is COc1ccc(C2c3c(oc4ccc(Br)cc4c3=O)C(=O)N2CCCO)cc1. The molecule has 1 unspecified atom stereocenters. The molecule has 144 valence electrons. The Bertz CT molecular complexity index is 1110. The number of hydrogen-bond acceptors (Lipinski definition) is 5. The summed E-state index contributed by atoms with van der Waals surface area (Å²) in [5, 5.41) is 9.67. The van der Waals surface area contributed by atoms with Gasteiger partial charge in [0.25, 0.3) is 5.91 Å². The van der Waals surface area contributed by atoms with Crippen LogP contribution < -0.4 is 10.2 Å². The molecule has 0 aliphatic carbocycles. The Kier molecular flexibility index (Phi) is 4.95. The molecule has 28 heavy (non-hydrogen) atoms. The van der Waals surface area contributed by atoms with Crippen molar-refractivity contribution in [1.29, 1.82) is 0 Å². The monoisotopic (exact) mass is 443 g/mol. The maximum absolute atomic E-state index is 13.3. The van der Waals surface area contributed by atoms with Crippen LogP contribution in [0.25, 0.3) is 11.0 Å². The summed E-state index contributed by atoms with van der Waals surface area (Å²) in [5.41, 5.74) is 1.27. The number of fused-ring (bicyclic) bond motifs is 2. The molecule has 1 atom stereocenters. The van der Waals surface area contributed by atoms with Crippen molar-refractivity contribution in [1.82, 2.24) is 4.90 Å². The zero-order chi connectivity index (χ0) is 19.8. The molecular formula is C21H18BrNO5. The highest BCUT2D eigenvalue weighted by molar-refractivity contribution is 9.10. The van der Waals surface area contributed by atoms with Crippen molar-refractivity contribution in [2.45, 2.75) is 12.5 Å². The number of ether oxygens (including phenoxy) is 1. The number of aliphatic hydroxyl groups is 1. The van der Waals surface area contributed by atoms with Crippen molar-refractivity contribution in [2.24, 2.45) is 0 Å². The van der Waals surface area contributed by atoms with Crippen molar-refractivity contribution < 1.29 is 19.1 Å². The molecule has 1 N–H and O–H groups in total. The number of hydrogen-bond donors (Lipinski definition) is 1. The first-order valence-corrected chi connectivity index (χ1v) is 9.66. The summed E-state index contributed by atoms with van der Waals surface area (Å²) in [7, 11) is 1.58. The lowest BCUT2D eigenvalue weighted by Crippen LogP contribution is -2.31. The predicted molar refractivity (Wildman–Crippen MR) is 108 cm³/mol. The standard InChI is InChI=1S/C21H18BrNO5/c1-27-14-6-3-12(4-7-14)18-17-19(25)15-11-13(22)5-8-16(15)28-20(17)21(26)23(18)9-2-10-24/h3-8,11,18,24H,2,9-10H2,1H3. The highest BCUT2D eigenvalue weighted by Crippen LogP contribution is 2.38. The maximum Gasteiger partial charge on any atom is 0.290 e. The van der Waals surface area contributed by atoms with E-state index in [0.717, 1.165) is 10.0 Å². The van der Waals surface area contributed by atoms with E-state index in [-0.39, 0.29) is 23.7 Å². The van der Waals surface area contributed by atoms with E-state index < -0.39 is 6.04 Å². The Morgan fingerprint density at radius 1 is 1.18 bits per heavy atom. The molecule has 0 bridgehead atoms. The second-order valence-corrected chi connectivity index (χ2v) is 7.48. The van der Waals surface area contributed by atoms with E-state index in [1.165, 1.54) is 0 Å². The van der Waals surface area contributed by atoms with Crippen molar-refractivity contribution in [3.8, 4) is 5.75 Å². The van der Waals surface area contributed by atoms with Gasteiger partial charge < -0.3 is 19.2 Å². The molecule has 1 aliphatic heterocycles. The molecule has 6 nitrogen and oxygen atoms in total. The molecular weight excluding hydrogens is 426 g/mol. The van der Waals surface area contributed by atoms with Crippen LogP contribution in [0.5, 0.6) is 5.75 Å². The van der Waals surface area contributed by atoms with E-state index in [1.54, 1.807) is 42.3 Å². The summed E-state index contributed by atoms with van der Waals surface area (Å²) in [4.78, 5) is 27.9. The number of rotatable bonds is 5. The second kappa shape index (κ2) is 7.41. The third-order valence-electron chi connectivity index (χ3n) is 4.92. The first-order chi connectivity index (χ1) is 13.5. The number of methoxy groups -OCH3 is 1. The maximum atomic E-state index is 13.3. The molecule has 4 rings (SSSR count). The van der Waals surface area contributed by atoms with Crippen molar-refractivity contribution in [3.63, 3.8) is 0 Å². The molecule has 2 aromatic carbocycles. The summed E-state index contributed by atoms with van der Waals surface area (Å²) in [6.07, 6.45) is 0.408. The molecule has 0 radical (unpaired) electrons. The highest BCUT2D eigenvalue weighted by atomic mass is 79.9. The van der Waals surface area contributed by atoms with Crippen LogP contribution in [0.2, 0.25) is 0 Å². The summed E-state index contributed by atoms with van der Waals surface area (Å²) >= 11 is 3.38. The predicted octanol–water partition coefficient (Wildman–Crippen LogP) is 3.49. The van der Waals surface area contributed by atoms with Crippen LogP contribution in [0.1, 0.15) is 34.1 Å². The fourth-order valence-corrected chi connectivity index (χ4v) is 3.96.